The molecule has 0 N–H and O–H groups in total. The topological polar surface area (TPSA) is 29.5 Å². The van der Waals surface area contributed by atoms with Crippen molar-refractivity contribution in [1.29, 1.82) is 0 Å². The first-order valence-electron chi connectivity index (χ1n) is 5.17. The average Bonchev–Trinajstić information content (AvgIpc) is 2.29. The second kappa shape index (κ2) is 6.08. The van der Waals surface area contributed by atoms with E-state index >= 15 is 0 Å². The fourth-order valence-corrected chi connectivity index (χ4v) is 1.33. The maximum Gasteiger partial charge on any atom is 0.331 e. The molecule has 0 aliphatic rings. The maximum atomic E-state index is 11.1. The van der Waals surface area contributed by atoms with Crippen molar-refractivity contribution in [2.24, 2.45) is 0 Å². The van der Waals surface area contributed by atoms with Crippen LogP contribution in [0.5, 0.6) is 0 Å². The summed E-state index contributed by atoms with van der Waals surface area (Å²) in [5, 5.41) is 0. The molecule has 0 aliphatic carbocycles. The summed E-state index contributed by atoms with van der Waals surface area (Å²) < 4.78 is 5.23. The molecule has 0 aliphatic heterocycles. The van der Waals surface area contributed by atoms with Crippen molar-refractivity contribution in [2.45, 2.75) is 12.6 Å². The molecular formula is C13H17NO2. The van der Waals surface area contributed by atoms with Crippen LogP contribution in [0, 0.1) is 0 Å². The minimum absolute atomic E-state index is 0.257. The van der Waals surface area contributed by atoms with Gasteiger partial charge in [-0.05, 0) is 19.7 Å². The summed E-state index contributed by atoms with van der Waals surface area (Å²) in [5.74, 6) is -0.394. The number of rotatable bonds is 5. The van der Waals surface area contributed by atoms with Gasteiger partial charge in [-0.15, -0.1) is 0 Å². The number of benzene rings is 1. The Morgan fingerprint density at radius 1 is 1.44 bits per heavy atom. The number of carbonyl (C=O) groups excluding carboxylic acids is 1. The van der Waals surface area contributed by atoms with Crippen LogP contribution in [0.25, 0.3) is 0 Å². The van der Waals surface area contributed by atoms with E-state index < -0.39 is 5.97 Å². The van der Waals surface area contributed by atoms with Crippen molar-refractivity contribution in [1.82, 2.24) is 4.90 Å². The Balaban J connectivity index is 2.65. The summed E-state index contributed by atoms with van der Waals surface area (Å²) in [5.41, 5.74) is 1.14. The average molecular weight is 219 g/mol. The SMILES string of the molecule is C=CC(=O)OC(Cc1ccccc1)N(C)C. The Labute approximate surface area is 96.3 Å². The number of carbonyl (C=O) groups is 1. The second-order valence-electron chi connectivity index (χ2n) is 3.75. The number of likely N-dealkylation sites (N-methyl/N-ethyl adjacent to an activating group) is 1. The Hall–Kier alpha value is -1.61. The fraction of sp³-hybridized carbons (Fsp3) is 0.308. The van der Waals surface area contributed by atoms with E-state index in [4.69, 9.17) is 4.74 Å². The summed E-state index contributed by atoms with van der Waals surface area (Å²) in [6, 6.07) is 9.93. The van der Waals surface area contributed by atoms with Gasteiger partial charge in [-0.2, -0.15) is 0 Å². The van der Waals surface area contributed by atoms with Gasteiger partial charge in [-0.25, -0.2) is 4.79 Å². The molecule has 0 spiro atoms. The van der Waals surface area contributed by atoms with Crippen LogP contribution in [0.3, 0.4) is 0 Å². The highest BCUT2D eigenvalue weighted by Gasteiger charge is 2.15. The molecule has 0 radical (unpaired) electrons. The zero-order chi connectivity index (χ0) is 12.0. The van der Waals surface area contributed by atoms with Crippen LogP contribution in [-0.4, -0.2) is 31.2 Å². The van der Waals surface area contributed by atoms with E-state index in [9.17, 15) is 4.79 Å². The molecule has 1 rings (SSSR count). The zero-order valence-corrected chi connectivity index (χ0v) is 9.72. The summed E-state index contributed by atoms with van der Waals surface area (Å²) in [6.45, 7) is 3.39. The van der Waals surface area contributed by atoms with Crippen LogP contribution in [0.15, 0.2) is 43.0 Å². The van der Waals surface area contributed by atoms with Crippen molar-refractivity contribution in [3.63, 3.8) is 0 Å². The monoisotopic (exact) mass is 219 g/mol. The maximum absolute atomic E-state index is 11.1. The van der Waals surface area contributed by atoms with E-state index in [1.54, 1.807) is 0 Å². The highest BCUT2D eigenvalue weighted by atomic mass is 16.6. The van der Waals surface area contributed by atoms with Gasteiger partial charge in [0.2, 0.25) is 0 Å². The molecule has 1 unspecified atom stereocenters. The molecule has 3 nitrogen and oxygen atoms in total. The fourth-order valence-electron chi connectivity index (χ4n) is 1.33. The molecule has 1 aromatic carbocycles. The molecule has 0 amide bonds. The predicted octanol–water partition coefficient (Wildman–Crippen LogP) is 1.85. The van der Waals surface area contributed by atoms with Gasteiger partial charge < -0.3 is 4.74 Å². The third kappa shape index (κ3) is 3.87. The molecule has 3 heteroatoms. The third-order valence-electron chi connectivity index (χ3n) is 2.25. The van der Waals surface area contributed by atoms with Crippen LogP contribution in [-0.2, 0) is 16.0 Å². The third-order valence-corrected chi connectivity index (χ3v) is 2.25. The molecule has 0 saturated heterocycles. The lowest BCUT2D eigenvalue weighted by Gasteiger charge is -2.23. The number of hydrogen-bond donors (Lipinski definition) is 0. The van der Waals surface area contributed by atoms with Gasteiger partial charge in [-0.3, -0.25) is 4.90 Å². The van der Waals surface area contributed by atoms with Crippen LogP contribution < -0.4 is 0 Å². The second-order valence-corrected chi connectivity index (χ2v) is 3.75. The lowest BCUT2D eigenvalue weighted by atomic mass is 10.1. The standard InChI is InChI=1S/C13H17NO2/c1-4-13(15)16-12(14(2)3)10-11-8-6-5-7-9-11/h4-9,12H,1,10H2,2-3H3. The van der Waals surface area contributed by atoms with E-state index in [1.165, 1.54) is 6.08 Å². The predicted molar refractivity (Wildman–Crippen MR) is 63.9 cm³/mol. The number of nitrogens with zero attached hydrogens (tertiary/aromatic N) is 1. The van der Waals surface area contributed by atoms with Crippen molar-refractivity contribution in [3.05, 3.63) is 48.6 Å². The Morgan fingerprint density at radius 2 is 2.06 bits per heavy atom. The minimum Gasteiger partial charge on any atom is -0.443 e. The van der Waals surface area contributed by atoms with Gasteiger partial charge in [-0.1, -0.05) is 36.9 Å². The lowest BCUT2D eigenvalue weighted by molar-refractivity contribution is -0.150. The Kier molecular flexibility index (Phi) is 4.73. The summed E-state index contributed by atoms with van der Waals surface area (Å²) in [4.78, 5) is 13.0. The van der Waals surface area contributed by atoms with Gasteiger partial charge in [0.1, 0.15) is 0 Å². The van der Waals surface area contributed by atoms with Crippen molar-refractivity contribution < 1.29 is 9.53 Å². The Morgan fingerprint density at radius 3 is 2.56 bits per heavy atom. The van der Waals surface area contributed by atoms with E-state index in [1.807, 2.05) is 49.3 Å². The van der Waals surface area contributed by atoms with E-state index in [0.29, 0.717) is 6.42 Å². The molecule has 1 atom stereocenters. The van der Waals surface area contributed by atoms with Gasteiger partial charge in [0, 0.05) is 12.5 Å². The number of hydrogen-bond acceptors (Lipinski definition) is 3. The number of ether oxygens (including phenoxy) is 1. The van der Waals surface area contributed by atoms with E-state index in [-0.39, 0.29) is 6.23 Å². The summed E-state index contributed by atoms with van der Waals surface area (Å²) in [6.07, 6.45) is 1.60. The molecule has 0 heterocycles. The normalized spacial score (nSPS) is 12.2. The molecular weight excluding hydrogens is 202 g/mol. The lowest BCUT2D eigenvalue weighted by Crippen LogP contribution is -2.34. The summed E-state index contributed by atoms with van der Waals surface area (Å²) >= 11 is 0. The van der Waals surface area contributed by atoms with Crippen LogP contribution in [0.1, 0.15) is 5.56 Å². The first-order chi connectivity index (χ1) is 7.63. The van der Waals surface area contributed by atoms with Gasteiger partial charge in [0.25, 0.3) is 0 Å². The van der Waals surface area contributed by atoms with Gasteiger partial charge >= 0.3 is 5.97 Å². The van der Waals surface area contributed by atoms with Gasteiger partial charge in [0.05, 0.1) is 0 Å². The molecule has 0 saturated carbocycles. The molecule has 16 heavy (non-hydrogen) atoms. The van der Waals surface area contributed by atoms with Gasteiger partial charge in [0.15, 0.2) is 6.23 Å². The highest BCUT2D eigenvalue weighted by molar-refractivity contribution is 5.81. The van der Waals surface area contributed by atoms with Crippen LogP contribution in [0.4, 0.5) is 0 Å². The van der Waals surface area contributed by atoms with Crippen molar-refractivity contribution in [2.75, 3.05) is 14.1 Å². The first-order valence-corrected chi connectivity index (χ1v) is 5.17. The van der Waals surface area contributed by atoms with Crippen LogP contribution in [0.2, 0.25) is 0 Å². The minimum atomic E-state index is -0.394. The summed E-state index contributed by atoms with van der Waals surface area (Å²) in [7, 11) is 3.76. The van der Waals surface area contributed by atoms with Crippen LogP contribution >= 0.6 is 0 Å². The Bertz CT molecular complexity index is 346. The van der Waals surface area contributed by atoms with Crippen molar-refractivity contribution >= 4 is 5.97 Å². The molecule has 1 aromatic rings. The largest absolute Gasteiger partial charge is 0.443 e. The van der Waals surface area contributed by atoms with E-state index in [0.717, 1.165) is 5.56 Å². The van der Waals surface area contributed by atoms with E-state index in [2.05, 4.69) is 6.58 Å². The quantitative estimate of drug-likeness (QED) is 0.430. The zero-order valence-electron chi connectivity index (χ0n) is 9.72. The first kappa shape index (κ1) is 12.5. The molecule has 0 fully saturated rings. The smallest absolute Gasteiger partial charge is 0.331 e. The molecule has 86 valence electrons. The highest BCUT2D eigenvalue weighted by Crippen LogP contribution is 2.08. The van der Waals surface area contributed by atoms with Crippen molar-refractivity contribution in [3.8, 4) is 0 Å². The number of esters is 1. The molecule has 0 bridgehead atoms. The molecule has 0 aromatic heterocycles.